The molecule has 20 heavy (non-hydrogen) atoms. The number of nitro benzene ring substituents is 1. The number of nitrogens with one attached hydrogen (secondary N) is 1. The molecule has 1 aromatic heterocycles. The van der Waals surface area contributed by atoms with E-state index in [0.717, 1.165) is 4.68 Å². The van der Waals surface area contributed by atoms with E-state index in [-0.39, 0.29) is 17.3 Å². The van der Waals surface area contributed by atoms with Crippen LogP contribution in [0, 0.1) is 10.1 Å². The van der Waals surface area contributed by atoms with Gasteiger partial charge in [0.15, 0.2) is 0 Å². The van der Waals surface area contributed by atoms with Crippen molar-refractivity contribution in [3.8, 4) is 0 Å². The van der Waals surface area contributed by atoms with Gasteiger partial charge in [-0.25, -0.2) is 4.68 Å². The molecule has 0 bridgehead atoms. The molecule has 1 aromatic carbocycles. The lowest BCUT2D eigenvalue weighted by molar-refractivity contribution is -0.385. The van der Waals surface area contributed by atoms with E-state index in [1.54, 1.807) is 18.2 Å². The highest BCUT2D eigenvalue weighted by Crippen LogP contribution is 2.21. The number of nitrogens with zero attached hydrogens (tertiary/aromatic N) is 3. The number of rotatable bonds is 4. The van der Waals surface area contributed by atoms with Gasteiger partial charge in [-0.1, -0.05) is 29.8 Å². The van der Waals surface area contributed by atoms with Crippen molar-refractivity contribution >= 4 is 23.0 Å². The van der Waals surface area contributed by atoms with Gasteiger partial charge in [0.05, 0.1) is 16.8 Å². The third-order valence-corrected chi connectivity index (χ3v) is 3.10. The lowest BCUT2D eigenvalue weighted by Gasteiger charge is -2.08. The van der Waals surface area contributed by atoms with Crippen molar-refractivity contribution in [2.75, 3.05) is 5.32 Å². The molecule has 0 saturated heterocycles. The maximum Gasteiger partial charge on any atom is 0.287 e. The lowest BCUT2D eigenvalue weighted by Crippen LogP contribution is -2.21. The minimum absolute atomic E-state index is 0.00100. The molecule has 0 saturated carbocycles. The Morgan fingerprint density at radius 3 is 2.85 bits per heavy atom. The SMILES string of the molecule is Cn1ncc(NCc2ccccc2[N+](=O)[O-])c(Cl)c1=O. The van der Waals surface area contributed by atoms with Gasteiger partial charge in [0.2, 0.25) is 0 Å². The van der Waals surface area contributed by atoms with Crippen LogP contribution in [0.1, 0.15) is 5.56 Å². The number of halogens is 1. The van der Waals surface area contributed by atoms with Gasteiger partial charge in [0.1, 0.15) is 5.02 Å². The number of aromatic nitrogens is 2. The maximum atomic E-state index is 11.6. The first-order valence-electron chi connectivity index (χ1n) is 5.68. The lowest BCUT2D eigenvalue weighted by atomic mass is 10.2. The molecule has 2 rings (SSSR count). The van der Waals surface area contributed by atoms with Crippen LogP contribution >= 0.6 is 11.6 Å². The fourth-order valence-corrected chi connectivity index (χ4v) is 1.90. The summed E-state index contributed by atoms with van der Waals surface area (Å²) < 4.78 is 1.11. The van der Waals surface area contributed by atoms with E-state index in [1.807, 2.05) is 0 Å². The maximum absolute atomic E-state index is 11.6. The topological polar surface area (TPSA) is 90.1 Å². The first-order valence-corrected chi connectivity index (χ1v) is 6.06. The van der Waals surface area contributed by atoms with E-state index in [2.05, 4.69) is 10.4 Å². The zero-order valence-electron chi connectivity index (χ0n) is 10.5. The minimum atomic E-state index is -0.457. The summed E-state index contributed by atoms with van der Waals surface area (Å²) in [5.41, 5.74) is 0.411. The molecule has 0 aliphatic heterocycles. The van der Waals surface area contributed by atoms with Crippen LogP contribution in [0.15, 0.2) is 35.3 Å². The van der Waals surface area contributed by atoms with E-state index in [0.29, 0.717) is 11.3 Å². The Labute approximate surface area is 119 Å². The van der Waals surface area contributed by atoms with Crippen LogP contribution < -0.4 is 10.9 Å². The van der Waals surface area contributed by atoms with Crippen LogP contribution in [0.5, 0.6) is 0 Å². The molecule has 7 nitrogen and oxygen atoms in total. The summed E-state index contributed by atoms with van der Waals surface area (Å²) in [5.74, 6) is 0. The Hall–Kier alpha value is -2.41. The predicted octanol–water partition coefficient (Wildman–Crippen LogP) is 1.95. The Bertz CT molecular complexity index is 714. The van der Waals surface area contributed by atoms with Crippen LogP contribution in [-0.2, 0) is 13.6 Å². The van der Waals surface area contributed by atoms with E-state index in [9.17, 15) is 14.9 Å². The molecular formula is C12H11ClN4O3. The summed E-state index contributed by atoms with van der Waals surface area (Å²) in [6.45, 7) is 0.172. The molecule has 2 aromatic rings. The Morgan fingerprint density at radius 1 is 1.45 bits per heavy atom. The Balaban J connectivity index is 2.24. The average Bonchev–Trinajstić information content (AvgIpc) is 2.44. The van der Waals surface area contributed by atoms with Crippen LogP contribution in [0.4, 0.5) is 11.4 Å². The molecule has 1 heterocycles. The van der Waals surface area contributed by atoms with Crippen molar-refractivity contribution in [3.05, 3.63) is 61.5 Å². The highest BCUT2D eigenvalue weighted by molar-refractivity contribution is 6.32. The van der Waals surface area contributed by atoms with Gasteiger partial charge in [0.25, 0.3) is 11.2 Å². The first-order chi connectivity index (χ1) is 9.50. The van der Waals surface area contributed by atoms with Crippen molar-refractivity contribution in [2.45, 2.75) is 6.54 Å². The number of anilines is 1. The zero-order valence-corrected chi connectivity index (χ0v) is 11.3. The number of aryl methyl sites for hydroxylation is 1. The van der Waals surface area contributed by atoms with Gasteiger partial charge in [-0.05, 0) is 0 Å². The number of hydrogen-bond acceptors (Lipinski definition) is 5. The second-order valence-corrected chi connectivity index (χ2v) is 4.42. The van der Waals surface area contributed by atoms with E-state index < -0.39 is 10.5 Å². The molecule has 0 unspecified atom stereocenters. The van der Waals surface area contributed by atoms with Crippen molar-refractivity contribution in [2.24, 2.45) is 7.05 Å². The first kappa shape index (κ1) is 14.0. The largest absolute Gasteiger partial charge is 0.378 e. The second-order valence-electron chi connectivity index (χ2n) is 4.04. The number of hydrogen-bond donors (Lipinski definition) is 1. The molecule has 0 amide bonds. The van der Waals surface area contributed by atoms with Crippen LogP contribution in [-0.4, -0.2) is 14.7 Å². The van der Waals surface area contributed by atoms with Gasteiger partial charge in [-0.3, -0.25) is 14.9 Å². The zero-order chi connectivity index (χ0) is 14.7. The monoisotopic (exact) mass is 294 g/mol. The van der Waals surface area contributed by atoms with E-state index >= 15 is 0 Å². The molecule has 0 radical (unpaired) electrons. The molecule has 0 spiro atoms. The molecule has 0 aliphatic carbocycles. The molecule has 8 heteroatoms. The number of nitro groups is 1. The van der Waals surface area contributed by atoms with Crippen molar-refractivity contribution < 1.29 is 4.92 Å². The summed E-state index contributed by atoms with van der Waals surface area (Å²) in [6, 6.07) is 6.34. The molecule has 0 atom stereocenters. The number of benzene rings is 1. The molecule has 104 valence electrons. The van der Waals surface area contributed by atoms with E-state index in [4.69, 9.17) is 11.6 Å². The summed E-state index contributed by atoms with van der Waals surface area (Å²) in [7, 11) is 1.49. The summed E-state index contributed by atoms with van der Waals surface area (Å²) in [5, 5.41) is 17.6. The summed E-state index contributed by atoms with van der Waals surface area (Å²) in [4.78, 5) is 22.0. The Kier molecular flexibility index (Phi) is 3.99. The van der Waals surface area contributed by atoms with Crippen molar-refractivity contribution in [1.29, 1.82) is 0 Å². The second kappa shape index (κ2) is 5.70. The minimum Gasteiger partial charge on any atom is -0.378 e. The Morgan fingerprint density at radius 2 is 2.15 bits per heavy atom. The molecule has 0 aliphatic rings. The fourth-order valence-electron chi connectivity index (χ4n) is 1.66. The standard InChI is InChI=1S/C12H11ClN4O3/c1-16-12(18)11(13)9(7-15-16)14-6-8-4-2-3-5-10(8)17(19)20/h2-5,7,14H,6H2,1H3. The highest BCUT2D eigenvalue weighted by atomic mass is 35.5. The fraction of sp³-hybridized carbons (Fsp3) is 0.167. The molecule has 1 N–H and O–H groups in total. The van der Waals surface area contributed by atoms with Crippen molar-refractivity contribution in [3.63, 3.8) is 0 Å². The number of para-hydroxylation sites is 1. The van der Waals surface area contributed by atoms with Gasteiger partial charge < -0.3 is 5.32 Å². The predicted molar refractivity (Wildman–Crippen MR) is 74.9 cm³/mol. The average molecular weight is 295 g/mol. The van der Waals surface area contributed by atoms with Gasteiger partial charge >= 0.3 is 0 Å². The summed E-state index contributed by atoms with van der Waals surface area (Å²) >= 11 is 5.90. The van der Waals surface area contributed by atoms with Gasteiger partial charge in [0, 0.05) is 25.2 Å². The summed E-state index contributed by atoms with van der Waals surface area (Å²) in [6.07, 6.45) is 1.40. The van der Waals surface area contributed by atoms with Crippen molar-refractivity contribution in [1.82, 2.24) is 9.78 Å². The highest BCUT2D eigenvalue weighted by Gasteiger charge is 2.13. The normalized spacial score (nSPS) is 10.3. The van der Waals surface area contributed by atoms with Gasteiger partial charge in [-0.2, -0.15) is 5.10 Å². The van der Waals surface area contributed by atoms with E-state index in [1.165, 1.54) is 19.3 Å². The smallest absolute Gasteiger partial charge is 0.287 e. The molecule has 0 fully saturated rings. The quantitative estimate of drug-likeness (QED) is 0.687. The van der Waals surface area contributed by atoms with Crippen LogP contribution in [0.2, 0.25) is 5.02 Å². The van der Waals surface area contributed by atoms with Crippen LogP contribution in [0.3, 0.4) is 0 Å². The van der Waals surface area contributed by atoms with Crippen LogP contribution in [0.25, 0.3) is 0 Å². The third kappa shape index (κ3) is 2.77. The van der Waals surface area contributed by atoms with Gasteiger partial charge in [-0.15, -0.1) is 0 Å². The third-order valence-electron chi connectivity index (χ3n) is 2.74. The molecular weight excluding hydrogens is 284 g/mol.